The third-order valence-corrected chi connectivity index (χ3v) is 3.46. The molecule has 18 heavy (non-hydrogen) atoms. The van der Waals surface area contributed by atoms with Gasteiger partial charge in [-0.25, -0.2) is 8.78 Å². The van der Waals surface area contributed by atoms with E-state index in [-0.39, 0.29) is 22.1 Å². The van der Waals surface area contributed by atoms with Gasteiger partial charge in [0.1, 0.15) is 11.6 Å². The zero-order valence-corrected chi connectivity index (χ0v) is 11.2. The first-order valence-electron chi connectivity index (χ1n) is 5.74. The van der Waals surface area contributed by atoms with E-state index in [1.807, 2.05) is 0 Å². The summed E-state index contributed by atoms with van der Waals surface area (Å²) in [5.74, 6) is -1.34. The Bertz CT molecular complexity index is 468. The first-order valence-corrected chi connectivity index (χ1v) is 6.53. The molecule has 1 aromatic rings. The van der Waals surface area contributed by atoms with Gasteiger partial charge in [-0.3, -0.25) is 4.79 Å². The van der Waals surface area contributed by atoms with E-state index in [2.05, 4.69) is 26.6 Å². The Kier molecular flexibility index (Phi) is 4.16. The predicted octanol–water partition coefficient (Wildman–Crippen LogP) is 2.81. The van der Waals surface area contributed by atoms with Crippen LogP contribution in [0.4, 0.5) is 14.5 Å². The van der Waals surface area contributed by atoms with Crippen molar-refractivity contribution in [2.75, 3.05) is 11.9 Å². The van der Waals surface area contributed by atoms with Gasteiger partial charge in [-0.05, 0) is 34.8 Å². The molecule has 0 spiro atoms. The maximum absolute atomic E-state index is 13.6. The van der Waals surface area contributed by atoms with Crippen LogP contribution in [-0.4, -0.2) is 18.5 Å². The molecule has 0 aromatic heterocycles. The summed E-state index contributed by atoms with van der Waals surface area (Å²) >= 11 is 3.01. The second kappa shape index (κ2) is 5.65. The largest absolute Gasteiger partial charge is 0.379 e. The van der Waals surface area contributed by atoms with Crippen molar-refractivity contribution in [1.82, 2.24) is 5.32 Å². The number of carbonyl (C=O) groups is 1. The molecule has 1 unspecified atom stereocenters. The van der Waals surface area contributed by atoms with E-state index < -0.39 is 11.6 Å². The van der Waals surface area contributed by atoms with Crippen molar-refractivity contribution < 1.29 is 13.6 Å². The smallest absolute Gasteiger partial charge is 0.222 e. The molecule has 0 saturated carbocycles. The summed E-state index contributed by atoms with van der Waals surface area (Å²) in [7, 11) is 0. The third-order valence-electron chi connectivity index (χ3n) is 2.85. The van der Waals surface area contributed by atoms with Gasteiger partial charge in [0, 0.05) is 25.1 Å². The van der Waals surface area contributed by atoms with Gasteiger partial charge in [-0.1, -0.05) is 0 Å². The van der Waals surface area contributed by atoms with E-state index in [1.54, 1.807) is 0 Å². The Hall–Kier alpha value is -1.17. The van der Waals surface area contributed by atoms with E-state index in [1.165, 1.54) is 6.07 Å². The molecule has 1 amide bonds. The molecule has 0 radical (unpaired) electrons. The fourth-order valence-corrected chi connectivity index (χ4v) is 2.29. The lowest BCUT2D eigenvalue weighted by atomic mass is 10.1. The lowest BCUT2D eigenvalue weighted by Gasteiger charge is -2.17. The zero-order valence-electron chi connectivity index (χ0n) is 9.60. The summed E-state index contributed by atoms with van der Waals surface area (Å²) < 4.78 is 26.8. The number of anilines is 1. The molecular formula is C12H13BrF2N2O. The number of hydrogen-bond acceptors (Lipinski definition) is 2. The predicted molar refractivity (Wildman–Crippen MR) is 68.3 cm³/mol. The Morgan fingerprint density at radius 3 is 2.89 bits per heavy atom. The average Bonchev–Trinajstić information content (AvgIpc) is 2.50. The normalized spacial score (nSPS) is 20.2. The number of nitrogens with one attached hydrogen (secondary N) is 2. The van der Waals surface area contributed by atoms with Crippen LogP contribution < -0.4 is 10.6 Å². The Labute approximate surface area is 112 Å². The molecule has 1 saturated heterocycles. The highest BCUT2D eigenvalue weighted by molar-refractivity contribution is 9.10. The molecule has 1 fully saturated rings. The van der Waals surface area contributed by atoms with Crippen LogP contribution in [0, 0.1) is 11.6 Å². The van der Waals surface area contributed by atoms with Gasteiger partial charge < -0.3 is 10.6 Å². The minimum Gasteiger partial charge on any atom is -0.379 e. The monoisotopic (exact) mass is 318 g/mol. The SMILES string of the molecule is O=C1CC(Nc2cc(Br)c(F)cc2F)CCCN1. The van der Waals surface area contributed by atoms with Crippen molar-refractivity contribution in [3.05, 3.63) is 28.2 Å². The minimum absolute atomic E-state index is 0.0495. The maximum atomic E-state index is 13.6. The molecule has 1 atom stereocenters. The molecule has 1 aromatic carbocycles. The first kappa shape index (κ1) is 13.3. The van der Waals surface area contributed by atoms with E-state index in [0.717, 1.165) is 18.9 Å². The standard InChI is InChI=1S/C12H13BrF2N2O/c13-8-5-11(10(15)6-9(8)14)17-7-2-1-3-16-12(18)4-7/h5-7,17H,1-4H2,(H,16,18). The van der Waals surface area contributed by atoms with Gasteiger partial charge in [0.25, 0.3) is 0 Å². The van der Waals surface area contributed by atoms with Crippen molar-refractivity contribution in [3.63, 3.8) is 0 Å². The third kappa shape index (κ3) is 3.19. The zero-order chi connectivity index (χ0) is 13.1. The van der Waals surface area contributed by atoms with Gasteiger partial charge in [0.15, 0.2) is 0 Å². The van der Waals surface area contributed by atoms with E-state index in [0.29, 0.717) is 13.0 Å². The molecule has 1 heterocycles. The van der Waals surface area contributed by atoms with Crippen LogP contribution in [-0.2, 0) is 4.79 Å². The van der Waals surface area contributed by atoms with E-state index >= 15 is 0 Å². The molecule has 6 heteroatoms. The molecule has 0 aliphatic carbocycles. The summed E-state index contributed by atoms with van der Waals surface area (Å²) in [6, 6.07) is 2.05. The fraction of sp³-hybridized carbons (Fsp3) is 0.417. The number of benzene rings is 1. The molecule has 3 nitrogen and oxygen atoms in total. The number of carbonyl (C=O) groups excluding carboxylic acids is 1. The van der Waals surface area contributed by atoms with Crippen LogP contribution in [0.15, 0.2) is 16.6 Å². The van der Waals surface area contributed by atoms with Crippen LogP contribution in [0.3, 0.4) is 0 Å². The van der Waals surface area contributed by atoms with Gasteiger partial charge >= 0.3 is 0 Å². The van der Waals surface area contributed by atoms with Crippen molar-refractivity contribution in [2.24, 2.45) is 0 Å². The van der Waals surface area contributed by atoms with Crippen LogP contribution in [0.2, 0.25) is 0 Å². The molecule has 2 N–H and O–H groups in total. The average molecular weight is 319 g/mol. The molecule has 1 aliphatic heterocycles. The van der Waals surface area contributed by atoms with Gasteiger partial charge in [0.05, 0.1) is 10.2 Å². The summed E-state index contributed by atoms with van der Waals surface area (Å²) in [6.45, 7) is 0.645. The summed E-state index contributed by atoms with van der Waals surface area (Å²) in [5.41, 5.74) is 0.211. The Morgan fingerprint density at radius 2 is 2.11 bits per heavy atom. The molecule has 1 aliphatic rings. The van der Waals surface area contributed by atoms with Gasteiger partial charge in [-0.15, -0.1) is 0 Å². The van der Waals surface area contributed by atoms with Crippen LogP contribution in [0.1, 0.15) is 19.3 Å². The molecule has 2 rings (SSSR count). The van der Waals surface area contributed by atoms with E-state index in [9.17, 15) is 13.6 Å². The van der Waals surface area contributed by atoms with Crippen molar-refractivity contribution in [1.29, 1.82) is 0 Å². The number of amides is 1. The summed E-state index contributed by atoms with van der Waals surface area (Å²) in [6.07, 6.45) is 1.91. The quantitative estimate of drug-likeness (QED) is 0.823. The van der Waals surface area contributed by atoms with Gasteiger partial charge in [0.2, 0.25) is 5.91 Å². The number of hydrogen-bond donors (Lipinski definition) is 2. The molecule has 0 bridgehead atoms. The van der Waals surface area contributed by atoms with Crippen LogP contribution in [0.5, 0.6) is 0 Å². The second-order valence-corrected chi connectivity index (χ2v) is 5.14. The minimum atomic E-state index is -0.652. The topological polar surface area (TPSA) is 41.1 Å². The molecular weight excluding hydrogens is 306 g/mol. The van der Waals surface area contributed by atoms with Crippen molar-refractivity contribution in [2.45, 2.75) is 25.3 Å². The summed E-state index contributed by atoms with van der Waals surface area (Å²) in [5, 5.41) is 5.71. The highest BCUT2D eigenvalue weighted by Crippen LogP contribution is 2.25. The van der Waals surface area contributed by atoms with Gasteiger partial charge in [-0.2, -0.15) is 0 Å². The van der Waals surface area contributed by atoms with Crippen LogP contribution in [0.25, 0.3) is 0 Å². The lowest BCUT2D eigenvalue weighted by molar-refractivity contribution is -0.120. The molecule has 98 valence electrons. The Balaban J connectivity index is 2.13. The first-order chi connectivity index (χ1) is 8.56. The number of rotatable bonds is 2. The van der Waals surface area contributed by atoms with Crippen molar-refractivity contribution >= 4 is 27.5 Å². The second-order valence-electron chi connectivity index (χ2n) is 4.28. The fourth-order valence-electron chi connectivity index (χ4n) is 1.95. The highest BCUT2D eigenvalue weighted by atomic mass is 79.9. The number of halogens is 3. The highest BCUT2D eigenvalue weighted by Gasteiger charge is 2.19. The Morgan fingerprint density at radius 1 is 1.33 bits per heavy atom. The van der Waals surface area contributed by atoms with Crippen LogP contribution >= 0.6 is 15.9 Å². The maximum Gasteiger partial charge on any atom is 0.222 e. The van der Waals surface area contributed by atoms with Crippen molar-refractivity contribution in [3.8, 4) is 0 Å². The van der Waals surface area contributed by atoms with E-state index in [4.69, 9.17) is 0 Å². The summed E-state index contributed by atoms with van der Waals surface area (Å²) in [4.78, 5) is 11.4. The lowest BCUT2D eigenvalue weighted by Crippen LogP contribution is -2.27.